The summed E-state index contributed by atoms with van der Waals surface area (Å²) in [5.74, 6) is 1.45. The van der Waals surface area contributed by atoms with Crippen LogP contribution in [0.3, 0.4) is 0 Å². The predicted molar refractivity (Wildman–Crippen MR) is 92.2 cm³/mol. The Morgan fingerprint density at radius 3 is 2.54 bits per heavy atom. The zero-order valence-corrected chi connectivity index (χ0v) is 14.2. The lowest BCUT2D eigenvalue weighted by molar-refractivity contribution is 0.174. The number of fused-ring (bicyclic) bond motifs is 1. The number of anilines is 1. The van der Waals surface area contributed by atoms with Crippen LogP contribution in [0.25, 0.3) is 0 Å². The van der Waals surface area contributed by atoms with Gasteiger partial charge in [0.2, 0.25) is 6.79 Å². The molecule has 2 aromatic rings. The van der Waals surface area contributed by atoms with Crippen LogP contribution < -0.4 is 14.4 Å². The molecule has 2 aromatic carbocycles. The summed E-state index contributed by atoms with van der Waals surface area (Å²) in [4.78, 5) is 16.1. The van der Waals surface area contributed by atoms with E-state index in [0.29, 0.717) is 41.1 Å². The summed E-state index contributed by atoms with van der Waals surface area (Å²) >= 11 is 12.4. The third-order valence-electron chi connectivity index (χ3n) is 4.11. The van der Waals surface area contributed by atoms with E-state index in [-0.39, 0.29) is 12.8 Å². The Morgan fingerprint density at radius 2 is 1.75 bits per heavy atom. The molecule has 4 rings (SSSR count). The van der Waals surface area contributed by atoms with Crippen molar-refractivity contribution < 1.29 is 14.3 Å². The topological polar surface area (TPSA) is 42.0 Å². The van der Waals surface area contributed by atoms with Crippen molar-refractivity contribution in [2.45, 2.75) is 6.54 Å². The monoisotopic (exact) mass is 364 g/mol. The summed E-state index contributed by atoms with van der Waals surface area (Å²) in [5, 5.41) is 0.946. The van der Waals surface area contributed by atoms with Crippen LogP contribution in [-0.4, -0.2) is 30.8 Å². The molecule has 0 bridgehead atoms. The van der Waals surface area contributed by atoms with E-state index in [1.165, 1.54) is 0 Å². The first-order chi connectivity index (χ1) is 11.6. The Bertz CT molecular complexity index is 792. The van der Waals surface area contributed by atoms with Gasteiger partial charge in [0, 0.05) is 19.6 Å². The Labute approximate surface area is 149 Å². The molecule has 5 nitrogen and oxygen atoms in total. The van der Waals surface area contributed by atoms with Crippen molar-refractivity contribution in [1.82, 2.24) is 4.90 Å². The number of carbonyl (C=O) groups is 1. The first-order valence-electron chi connectivity index (χ1n) is 7.52. The molecule has 0 atom stereocenters. The maximum absolute atomic E-state index is 12.7. The van der Waals surface area contributed by atoms with Crippen molar-refractivity contribution >= 4 is 34.9 Å². The Hall–Kier alpha value is -2.11. The molecule has 0 aliphatic carbocycles. The van der Waals surface area contributed by atoms with Crippen LogP contribution in [0.2, 0.25) is 10.0 Å². The zero-order chi connectivity index (χ0) is 16.7. The summed E-state index contributed by atoms with van der Waals surface area (Å²) in [5.41, 5.74) is 1.55. The Balaban J connectivity index is 1.54. The fourth-order valence-corrected chi connectivity index (χ4v) is 3.54. The van der Waals surface area contributed by atoms with Crippen molar-refractivity contribution in [2.24, 2.45) is 0 Å². The minimum Gasteiger partial charge on any atom is -0.454 e. The molecule has 24 heavy (non-hydrogen) atoms. The van der Waals surface area contributed by atoms with Crippen LogP contribution in [-0.2, 0) is 6.54 Å². The highest BCUT2D eigenvalue weighted by molar-refractivity contribution is 6.39. The number of hydrogen-bond acceptors (Lipinski definition) is 3. The van der Waals surface area contributed by atoms with Gasteiger partial charge in [-0.25, -0.2) is 4.79 Å². The number of ether oxygens (including phenoxy) is 2. The van der Waals surface area contributed by atoms with Crippen molar-refractivity contribution in [2.75, 3.05) is 24.8 Å². The molecular weight excluding hydrogens is 351 g/mol. The number of para-hydroxylation sites is 1. The second kappa shape index (κ2) is 6.07. The minimum atomic E-state index is -0.109. The van der Waals surface area contributed by atoms with Gasteiger partial charge in [0.25, 0.3) is 0 Å². The fraction of sp³-hybridized carbons (Fsp3) is 0.235. The summed E-state index contributed by atoms with van der Waals surface area (Å²) in [6.45, 7) is 1.88. The summed E-state index contributed by atoms with van der Waals surface area (Å²) in [7, 11) is 0. The van der Waals surface area contributed by atoms with E-state index in [4.69, 9.17) is 32.7 Å². The number of halogens is 2. The smallest absolute Gasteiger partial charge is 0.325 e. The van der Waals surface area contributed by atoms with E-state index in [1.807, 2.05) is 18.2 Å². The third-order valence-corrected chi connectivity index (χ3v) is 4.72. The van der Waals surface area contributed by atoms with Crippen molar-refractivity contribution in [3.05, 3.63) is 52.0 Å². The molecule has 1 fully saturated rings. The Morgan fingerprint density at radius 1 is 1.00 bits per heavy atom. The highest BCUT2D eigenvalue weighted by atomic mass is 35.5. The molecule has 2 aliphatic heterocycles. The summed E-state index contributed by atoms with van der Waals surface area (Å²) in [6, 6.07) is 10.8. The van der Waals surface area contributed by atoms with Gasteiger partial charge < -0.3 is 14.4 Å². The molecule has 0 saturated carbocycles. The number of amides is 2. The first kappa shape index (κ1) is 15.4. The number of hydrogen-bond donors (Lipinski definition) is 0. The number of urea groups is 1. The third kappa shape index (κ3) is 2.64. The number of carbonyl (C=O) groups excluding carboxylic acids is 1. The summed E-state index contributed by atoms with van der Waals surface area (Å²) < 4.78 is 10.7. The zero-order valence-electron chi connectivity index (χ0n) is 12.7. The highest BCUT2D eigenvalue weighted by Gasteiger charge is 2.32. The fourth-order valence-electron chi connectivity index (χ4n) is 2.94. The maximum atomic E-state index is 12.7. The molecule has 2 heterocycles. The molecule has 0 unspecified atom stereocenters. The van der Waals surface area contributed by atoms with Crippen LogP contribution in [0.5, 0.6) is 11.5 Å². The normalized spacial score (nSPS) is 16.2. The second-order valence-electron chi connectivity index (χ2n) is 5.61. The molecule has 0 aromatic heterocycles. The van der Waals surface area contributed by atoms with Crippen molar-refractivity contribution in [3.8, 4) is 11.5 Å². The number of benzene rings is 2. The lowest BCUT2D eigenvalue weighted by Gasteiger charge is -2.20. The van der Waals surface area contributed by atoms with Gasteiger partial charge in [-0.05, 0) is 29.8 Å². The van der Waals surface area contributed by atoms with Gasteiger partial charge in [-0.3, -0.25) is 4.90 Å². The summed E-state index contributed by atoms with van der Waals surface area (Å²) in [6.07, 6.45) is 0. The van der Waals surface area contributed by atoms with E-state index in [9.17, 15) is 4.79 Å². The highest BCUT2D eigenvalue weighted by Crippen LogP contribution is 2.36. The Kier molecular flexibility index (Phi) is 3.90. The van der Waals surface area contributed by atoms with Crippen LogP contribution in [0.15, 0.2) is 36.4 Å². The lowest BCUT2D eigenvalue weighted by Crippen LogP contribution is -2.31. The van der Waals surface area contributed by atoms with E-state index < -0.39 is 0 Å². The predicted octanol–water partition coefficient (Wildman–Crippen LogP) is 4.16. The molecule has 7 heteroatoms. The molecular formula is C17H14Cl2N2O3. The molecule has 0 radical (unpaired) electrons. The van der Waals surface area contributed by atoms with E-state index in [2.05, 4.69) is 0 Å². The van der Waals surface area contributed by atoms with E-state index in [1.54, 1.807) is 28.0 Å². The van der Waals surface area contributed by atoms with Gasteiger partial charge >= 0.3 is 6.03 Å². The number of rotatable bonds is 3. The van der Waals surface area contributed by atoms with Gasteiger partial charge in [0.1, 0.15) is 0 Å². The quantitative estimate of drug-likeness (QED) is 0.820. The van der Waals surface area contributed by atoms with Crippen LogP contribution >= 0.6 is 23.2 Å². The SMILES string of the molecule is O=C1N(Cc2ccc3c(c2)OCO3)CCN1c1c(Cl)cccc1Cl. The second-order valence-corrected chi connectivity index (χ2v) is 6.43. The molecule has 0 spiro atoms. The maximum Gasteiger partial charge on any atom is 0.325 e. The van der Waals surface area contributed by atoms with Crippen LogP contribution in [0.1, 0.15) is 5.56 Å². The van der Waals surface area contributed by atoms with Gasteiger partial charge in [0.05, 0.1) is 15.7 Å². The van der Waals surface area contributed by atoms with E-state index >= 15 is 0 Å². The average molecular weight is 365 g/mol. The standard InChI is InChI=1S/C17H14Cl2N2O3/c18-12-2-1-3-13(19)16(12)21-7-6-20(17(21)22)9-11-4-5-14-15(8-11)24-10-23-14/h1-5,8H,6-7,9-10H2. The number of nitrogens with zero attached hydrogens (tertiary/aromatic N) is 2. The molecule has 0 N–H and O–H groups in total. The van der Waals surface area contributed by atoms with Crippen molar-refractivity contribution in [1.29, 1.82) is 0 Å². The molecule has 2 amide bonds. The van der Waals surface area contributed by atoms with Crippen LogP contribution in [0, 0.1) is 0 Å². The van der Waals surface area contributed by atoms with Gasteiger partial charge in [-0.1, -0.05) is 35.3 Å². The van der Waals surface area contributed by atoms with Crippen molar-refractivity contribution in [3.63, 3.8) is 0 Å². The average Bonchev–Trinajstić information content (AvgIpc) is 3.16. The van der Waals surface area contributed by atoms with Crippen LogP contribution in [0.4, 0.5) is 10.5 Å². The van der Waals surface area contributed by atoms with Gasteiger partial charge in [-0.2, -0.15) is 0 Å². The molecule has 124 valence electrons. The first-order valence-corrected chi connectivity index (χ1v) is 8.28. The van der Waals surface area contributed by atoms with Gasteiger partial charge in [-0.15, -0.1) is 0 Å². The van der Waals surface area contributed by atoms with E-state index in [0.717, 1.165) is 11.3 Å². The molecule has 2 aliphatic rings. The largest absolute Gasteiger partial charge is 0.454 e. The van der Waals surface area contributed by atoms with Gasteiger partial charge in [0.15, 0.2) is 11.5 Å². The molecule has 1 saturated heterocycles. The minimum absolute atomic E-state index is 0.109. The lowest BCUT2D eigenvalue weighted by atomic mass is 10.2.